The molecule has 0 aliphatic rings. The molecule has 5 nitrogen and oxygen atoms in total. The van der Waals surface area contributed by atoms with Gasteiger partial charge < -0.3 is 9.80 Å². The number of hydrogen-bond donors (Lipinski definition) is 0. The van der Waals surface area contributed by atoms with Crippen LogP contribution in [-0.4, -0.2) is 9.13 Å². The third kappa shape index (κ3) is 6.18. The largest absolute Gasteiger partial charge is 0.338 e. The van der Waals surface area contributed by atoms with Crippen molar-refractivity contribution in [3.8, 4) is 11.4 Å². The van der Waals surface area contributed by atoms with Gasteiger partial charge in [0, 0.05) is 34.1 Å². The molecule has 0 amide bonds. The lowest BCUT2D eigenvalue weighted by Crippen LogP contribution is -2.22. The Bertz CT molecular complexity index is 2260. The van der Waals surface area contributed by atoms with Crippen LogP contribution in [0.25, 0.3) is 22.4 Å². The second-order valence-corrected chi connectivity index (χ2v) is 13.5. The number of benzene rings is 7. The first kappa shape index (κ1) is 32.6. The Labute approximate surface area is 304 Å². The van der Waals surface area contributed by atoms with Gasteiger partial charge in [-0.2, -0.15) is 0 Å². The first-order chi connectivity index (χ1) is 25.3. The number of anilines is 6. The molecule has 5 heteroatoms. The van der Waals surface area contributed by atoms with Crippen molar-refractivity contribution in [1.29, 1.82) is 0 Å². The molecule has 0 bridgehead atoms. The molecule has 254 valence electrons. The van der Waals surface area contributed by atoms with E-state index in [9.17, 15) is 4.79 Å². The molecule has 0 unspecified atom stereocenters. The minimum atomic E-state index is -0.121. The van der Waals surface area contributed by atoms with Crippen molar-refractivity contribution in [1.82, 2.24) is 9.13 Å². The fourth-order valence-corrected chi connectivity index (χ4v) is 6.82. The molecule has 0 radical (unpaired) electrons. The van der Waals surface area contributed by atoms with Crippen LogP contribution in [-0.2, 0) is 0 Å². The van der Waals surface area contributed by atoms with E-state index in [0.29, 0.717) is 0 Å². The highest BCUT2D eigenvalue weighted by molar-refractivity contribution is 5.82. The zero-order valence-corrected chi connectivity index (χ0v) is 29.9. The average molecular weight is 677 g/mol. The predicted molar refractivity (Wildman–Crippen MR) is 217 cm³/mol. The smallest absolute Gasteiger partial charge is 0.311 e. The first-order valence-electron chi connectivity index (χ1n) is 17.6. The van der Waals surface area contributed by atoms with Gasteiger partial charge in [0.15, 0.2) is 0 Å². The number of imidazole rings is 1. The van der Waals surface area contributed by atoms with Gasteiger partial charge in [-0.25, -0.2) is 4.79 Å². The van der Waals surface area contributed by atoms with E-state index in [4.69, 9.17) is 0 Å². The molecule has 0 saturated carbocycles. The van der Waals surface area contributed by atoms with Crippen LogP contribution in [0, 0.1) is 27.7 Å². The fourth-order valence-electron chi connectivity index (χ4n) is 6.82. The maximum atomic E-state index is 14.4. The van der Waals surface area contributed by atoms with Crippen LogP contribution >= 0.6 is 0 Å². The number of para-hydroxylation sites is 2. The van der Waals surface area contributed by atoms with Crippen LogP contribution < -0.4 is 15.5 Å². The summed E-state index contributed by atoms with van der Waals surface area (Å²) in [6.07, 6.45) is 0. The summed E-state index contributed by atoms with van der Waals surface area (Å²) in [5.41, 5.74) is 14.3. The molecule has 0 saturated heterocycles. The maximum absolute atomic E-state index is 14.4. The Morgan fingerprint density at radius 1 is 0.327 bits per heavy atom. The number of rotatable bonds is 8. The summed E-state index contributed by atoms with van der Waals surface area (Å²) in [7, 11) is 0. The molecule has 1 aromatic heterocycles. The monoisotopic (exact) mass is 676 g/mol. The topological polar surface area (TPSA) is 33.4 Å². The van der Waals surface area contributed by atoms with Crippen molar-refractivity contribution in [3.05, 3.63) is 203 Å². The zero-order valence-electron chi connectivity index (χ0n) is 29.9. The van der Waals surface area contributed by atoms with Crippen molar-refractivity contribution in [2.45, 2.75) is 27.7 Å². The van der Waals surface area contributed by atoms with E-state index in [0.717, 1.165) is 56.5 Å². The Morgan fingerprint density at radius 2 is 0.558 bits per heavy atom. The second kappa shape index (κ2) is 13.6. The highest BCUT2D eigenvalue weighted by Crippen LogP contribution is 2.37. The van der Waals surface area contributed by atoms with Crippen LogP contribution in [0.3, 0.4) is 0 Å². The number of aryl methyl sites for hydroxylation is 4. The van der Waals surface area contributed by atoms with Gasteiger partial charge >= 0.3 is 5.69 Å². The maximum Gasteiger partial charge on any atom is 0.338 e. The number of hydrogen-bond acceptors (Lipinski definition) is 3. The fraction of sp³-hybridized carbons (Fsp3) is 0.0851. The average Bonchev–Trinajstić information content (AvgIpc) is 3.47. The van der Waals surface area contributed by atoms with E-state index in [2.05, 4.69) is 159 Å². The summed E-state index contributed by atoms with van der Waals surface area (Å²) in [6.45, 7) is 8.40. The lowest BCUT2D eigenvalue weighted by molar-refractivity contribution is 0.930. The molecule has 8 rings (SSSR count). The van der Waals surface area contributed by atoms with Crippen LogP contribution in [0.4, 0.5) is 34.1 Å². The van der Waals surface area contributed by atoms with Crippen LogP contribution in [0.2, 0.25) is 0 Å². The van der Waals surface area contributed by atoms with Crippen molar-refractivity contribution in [2.24, 2.45) is 0 Å². The zero-order chi connectivity index (χ0) is 35.8. The number of nitrogens with zero attached hydrogens (tertiary/aromatic N) is 4. The molecule has 0 aliphatic carbocycles. The molecule has 8 aromatic rings. The van der Waals surface area contributed by atoms with Crippen LogP contribution in [0.1, 0.15) is 22.3 Å². The molecule has 0 aliphatic heterocycles. The van der Waals surface area contributed by atoms with E-state index < -0.39 is 0 Å². The standard InChI is InChI=1S/C47H40N4O/c1-33-9-17-37(18-10-33)48(38-19-11-34(2)12-20-38)41-25-29-43(30-26-41)50-45-7-5-6-8-46(45)51(47(50)52)44-31-27-42(28-32-44)49(39-21-13-35(3)14-22-39)40-23-15-36(4)16-24-40/h5-32H,1-4H3. The highest BCUT2D eigenvalue weighted by atomic mass is 16.1. The molecule has 0 fully saturated rings. The molecule has 0 atom stereocenters. The normalized spacial score (nSPS) is 11.2. The first-order valence-corrected chi connectivity index (χ1v) is 17.6. The van der Waals surface area contributed by atoms with Gasteiger partial charge in [0.2, 0.25) is 0 Å². The van der Waals surface area contributed by atoms with Gasteiger partial charge in [-0.3, -0.25) is 9.13 Å². The van der Waals surface area contributed by atoms with Gasteiger partial charge in [-0.1, -0.05) is 82.9 Å². The lowest BCUT2D eigenvalue weighted by atomic mass is 10.1. The third-order valence-corrected chi connectivity index (χ3v) is 9.65. The molecular weight excluding hydrogens is 637 g/mol. The van der Waals surface area contributed by atoms with Crippen LogP contribution in [0.15, 0.2) is 175 Å². The van der Waals surface area contributed by atoms with Crippen LogP contribution in [0.5, 0.6) is 0 Å². The molecule has 0 N–H and O–H groups in total. The van der Waals surface area contributed by atoms with Gasteiger partial charge in [0.05, 0.1) is 22.4 Å². The van der Waals surface area contributed by atoms with E-state index >= 15 is 0 Å². The Kier molecular flexibility index (Phi) is 8.53. The summed E-state index contributed by atoms with van der Waals surface area (Å²) >= 11 is 0. The minimum absolute atomic E-state index is 0.121. The second-order valence-electron chi connectivity index (χ2n) is 13.5. The van der Waals surface area contributed by atoms with Gasteiger partial charge in [-0.15, -0.1) is 0 Å². The lowest BCUT2D eigenvalue weighted by Gasteiger charge is -2.26. The number of fused-ring (bicyclic) bond motifs is 1. The molecular formula is C47H40N4O. The number of aromatic nitrogens is 2. The molecule has 7 aromatic carbocycles. The summed E-state index contributed by atoms with van der Waals surface area (Å²) < 4.78 is 3.61. The summed E-state index contributed by atoms with van der Waals surface area (Å²) in [4.78, 5) is 18.9. The van der Waals surface area contributed by atoms with E-state index in [-0.39, 0.29) is 5.69 Å². The minimum Gasteiger partial charge on any atom is -0.311 e. The van der Waals surface area contributed by atoms with E-state index in [1.807, 2.05) is 48.5 Å². The predicted octanol–water partition coefficient (Wildman–Crippen LogP) is 12.0. The van der Waals surface area contributed by atoms with Crippen molar-refractivity contribution >= 4 is 45.2 Å². The Balaban J connectivity index is 1.18. The third-order valence-electron chi connectivity index (χ3n) is 9.65. The highest BCUT2D eigenvalue weighted by Gasteiger charge is 2.19. The van der Waals surface area contributed by atoms with E-state index in [1.54, 1.807) is 9.13 Å². The van der Waals surface area contributed by atoms with Gasteiger partial charge in [0.25, 0.3) is 0 Å². The molecule has 0 spiro atoms. The molecule has 1 heterocycles. The van der Waals surface area contributed by atoms with Crippen molar-refractivity contribution < 1.29 is 0 Å². The summed E-state index contributed by atoms with van der Waals surface area (Å²) in [5.74, 6) is 0. The Hall–Kier alpha value is -6.59. The quantitative estimate of drug-likeness (QED) is 0.161. The van der Waals surface area contributed by atoms with E-state index in [1.165, 1.54) is 22.3 Å². The van der Waals surface area contributed by atoms with Gasteiger partial charge in [-0.05, 0) is 137 Å². The summed E-state index contributed by atoms with van der Waals surface area (Å²) in [6, 6.07) is 58.7. The van der Waals surface area contributed by atoms with Crippen molar-refractivity contribution in [3.63, 3.8) is 0 Å². The van der Waals surface area contributed by atoms with Crippen molar-refractivity contribution in [2.75, 3.05) is 9.80 Å². The Morgan fingerprint density at radius 3 is 0.808 bits per heavy atom. The summed E-state index contributed by atoms with van der Waals surface area (Å²) in [5, 5.41) is 0. The SMILES string of the molecule is Cc1ccc(N(c2ccc(C)cc2)c2ccc(-n3c(=O)n(-c4ccc(N(c5ccc(C)cc5)c5ccc(C)cc5)cc4)c4ccccc43)cc2)cc1. The van der Waals surface area contributed by atoms with Gasteiger partial charge in [0.1, 0.15) is 0 Å². The molecule has 52 heavy (non-hydrogen) atoms.